The molecule has 0 unspecified atom stereocenters. The summed E-state index contributed by atoms with van der Waals surface area (Å²) in [5, 5.41) is 24.7. The second kappa shape index (κ2) is 7.77. The van der Waals surface area contributed by atoms with Gasteiger partial charge in [0.05, 0.1) is 11.3 Å². The maximum atomic E-state index is 12.5. The van der Waals surface area contributed by atoms with Crippen molar-refractivity contribution in [3.63, 3.8) is 0 Å². The number of phenolic OH excluding ortho intramolecular Hbond substituents is 2. The van der Waals surface area contributed by atoms with E-state index in [1.165, 1.54) is 19.1 Å². The van der Waals surface area contributed by atoms with Gasteiger partial charge in [-0.2, -0.15) is 18.3 Å². The Morgan fingerprint density at radius 2 is 1.63 bits per heavy atom. The minimum Gasteiger partial charge on any atom is -0.508 e. The Hall–Kier alpha value is -3.56. The summed E-state index contributed by atoms with van der Waals surface area (Å²) in [5.41, 5.74) is 1.45. The van der Waals surface area contributed by atoms with E-state index < -0.39 is 23.6 Å². The standard InChI is InChI=1S/C17H14F3N3O4/c1-9(13-7-6-12(24)8-14(13)25)22-23-16(27)15(26)21-11-4-2-10(3-5-11)17(18,19)20/h2-8,24-25H,1H3,(H,21,26)(H,23,27)/b22-9+. The lowest BCUT2D eigenvalue weighted by Crippen LogP contribution is -2.33. The lowest BCUT2D eigenvalue weighted by atomic mass is 10.1. The monoisotopic (exact) mass is 381 g/mol. The van der Waals surface area contributed by atoms with Gasteiger partial charge >= 0.3 is 18.0 Å². The van der Waals surface area contributed by atoms with Gasteiger partial charge in [-0.1, -0.05) is 0 Å². The average molecular weight is 381 g/mol. The van der Waals surface area contributed by atoms with E-state index >= 15 is 0 Å². The third-order valence-corrected chi connectivity index (χ3v) is 3.37. The van der Waals surface area contributed by atoms with Crippen LogP contribution in [0.1, 0.15) is 18.1 Å². The quantitative estimate of drug-likeness (QED) is 0.372. The molecule has 27 heavy (non-hydrogen) atoms. The first-order valence-corrected chi connectivity index (χ1v) is 7.43. The number of alkyl halides is 3. The lowest BCUT2D eigenvalue weighted by Gasteiger charge is -2.08. The molecule has 0 bridgehead atoms. The summed E-state index contributed by atoms with van der Waals surface area (Å²) >= 11 is 0. The highest BCUT2D eigenvalue weighted by molar-refractivity contribution is 6.39. The van der Waals surface area contributed by atoms with E-state index in [-0.39, 0.29) is 28.5 Å². The smallest absolute Gasteiger partial charge is 0.416 e. The zero-order valence-electron chi connectivity index (χ0n) is 13.8. The van der Waals surface area contributed by atoms with E-state index in [1.54, 1.807) is 0 Å². The topological polar surface area (TPSA) is 111 Å². The summed E-state index contributed by atoms with van der Waals surface area (Å²) in [4.78, 5) is 23.5. The Balaban J connectivity index is 2.00. The molecule has 0 radical (unpaired) electrons. The average Bonchev–Trinajstić information content (AvgIpc) is 2.59. The number of hydrogen-bond acceptors (Lipinski definition) is 5. The molecule has 0 spiro atoms. The highest BCUT2D eigenvalue weighted by Crippen LogP contribution is 2.29. The molecule has 0 fully saturated rings. The normalized spacial score (nSPS) is 11.8. The molecule has 0 saturated heterocycles. The first kappa shape index (κ1) is 19.8. The van der Waals surface area contributed by atoms with Crippen molar-refractivity contribution in [2.75, 3.05) is 5.32 Å². The minimum atomic E-state index is -4.51. The van der Waals surface area contributed by atoms with Gasteiger partial charge < -0.3 is 15.5 Å². The van der Waals surface area contributed by atoms with Crippen LogP contribution < -0.4 is 10.7 Å². The van der Waals surface area contributed by atoms with Crippen molar-refractivity contribution in [1.82, 2.24) is 5.43 Å². The van der Waals surface area contributed by atoms with Crippen LogP contribution in [0.15, 0.2) is 47.6 Å². The molecular weight excluding hydrogens is 367 g/mol. The maximum Gasteiger partial charge on any atom is 0.416 e. The Bertz CT molecular complexity index is 893. The van der Waals surface area contributed by atoms with Crippen molar-refractivity contribution in [3.05, 3.63) is 53.6 Å². The van der Waals surface area contributed by atoms with E-state index in [9.17, 15) is 33.0 Å². The number of hydrogen-bond donors (Lipinski definition) is 4. The Labute approximate surface area is 151 Å². The van der Waals surface area contributed by atoms with Crippen molar-refractivity contribution < 1.29 is 33.0 Å². The molecule has 0 saturated carbocycles. The molecule has 0 aliphatic rings. The number of aromatic hydroxyl groups is 2. The van der Waals surface area contributed by atoms with E-state index in [0.29, 0.717) is 0 Å². The lowest BCUT2D eigenvalue weighted by molar-refractivity contribution is -0.137. The summed E-state index contributed by atoms with van der Waals surface area (Å²) in [5.74, 6) is -2.74. The fourth-order valence-electron chi connectivity index (χ4n) is 2.00. The van der Waals surface area contributed by atoms with Gasteiger partial charge in [0.2, 0.25) is 0 Å². The fraction of sp³-hybridized carbons (Fsp3) is 0.118. The van der Waals surface area contributed by atoms with Crippen LogP contribution in [0.3, 0.4) is 0 Å². The first-order valence-electron chi connectivity index (χ1n) is 7.43. The van der Waals surface area contributed by atoms with Crippen LogP contribution in [0, 0.1) is 0 Å². The van der Waals surface area contributed by atoms with Gasteiger partial charge in [0.15, 0.2) is 0 Å². The molecule has 2 rings (SSSR count). The number of carbonyl (C=O) groups is 2. The highest BCUT2D eigenvalue weighted by atomic mass is 19.4. The molecule has 0 aliphatic carbocycles. The second-order valence-electron chi connectivity index (χ2n) is 5.37. The second-order valence-corrected chi connectivity index (χ2v) is 5.37. The van der Waals surface area contributed by atoms with E-state index in [2.05, 4.69) is 10.4 Å². The molecule has 0 aromatic heterocycles. The first-order chi connectivity index (χ1) is 12.6. The number of benzene rings is 2. The molecule has 7 nitrogen and oxygen atoms in total. The zero-order valence-corrected chi connectivity index (χ0v) is 13.8. The number of nitrogens with zero attached hydrogens (tertiary/aromatic N) is 1. The van der Waals surface area contributed by atoms with Crippen LogP contribution in [-0.2, 0) is 15.8 Å². The number of phenols is 2. The van der Waals surface area contributed by atoms with Crippen molar-refractivity contribution in [2.24, 2.45) is 5.10 Å². The summed E-state index contributed by atoms with van der Waals surface area (Å²) in [7, 11) is 0. The Kier molecular flexibility index (Phi) is 5.69. The van der Waals surface area contributed by atoms with Crippen molar-refractivity contribution in [1.29, 1.82) is 0 Å². The van der Waals surface area contributed by atoms with Gasteiger partial charge in [-0.15, -0.1) is 0 Å². The highest BCUT2D eigenvalue weighted by Gasteiger charge is 2.30. The molecule has 0 aliphatic heterocycles. The summed E-state index contributed by atoms with van der Waals surface area (Å²) < 4.78 is 37.4. The van der Waals surface area contributed by atoms with Crippen LogP contribution in [0.2, 0.25) is 0 Å². The van der Waals surface area contributed by atoms with E-state index in [1.807, 2.05) is 5.43 Å². The van der Waals surface area contributed by atoms with Crippen LogP contribution >= 0.6 is 0 Å². The summed E-state index contributed by atoms with van der Waals surface area (Å²) in [6, 6.07) is 7.29. The SMILES string of the molecule is C/C(=N\NC(=O)C(=O)Nc1ccc(C(F)(F)F)cc1)c1ccc(O)cc1O. The number of hydrazone groups is 1. The van der Waals surface area contributed by atoms with Crippen LogP contribution in [-0.4, -0.2) is 27.7 Å². The van der Waals surface area contributed by atoms with Gasteiger partial charge in [-0.05, 0) is 43.3 Å². The van der Waals surface area contributed by atoms with E-state index in [0.717, 1.165) is 30.3 Å². The number of rotatable bonds is 3. The molecule has 0 atom stereocenters. The Morgan fingerprint density at radius 3 is 2.19 bits per heavy atom. The zero-order chi connectivity index (χ0) is 20.2. The number of anilines is 1. The molecule has 2 aromatic rings. The fourth-order valence-corrected chi connectivity index (χ4v) is 2.00. The minimum absolute atomic E-state index is 0.0000283. The van der Waals surface area contributed by atoms with Gasteiger partial charge in [0, 0.05) is 17.3 Å². The predicted molar refractivity (Wildman–Crippen MR) is 90.2 cm³/mol. The predicted octanol–water partition coefficient (Wildman–Crippen LogP) is 2.60. The molecule has 2 amide bonds. The van der Waals surface area contributed by atoms with Crippen molar-refractivity contribution in [3.8, 4) is 11.5 Å². The molecular formula is C17H14F3N3O4. The molecule has 142 valence electrons. The molecule has 2 aromatic carbocycles. The maximum absolute atomic E-state index is 12.5. The van der Waals surface area contributed by atoms with Gasteiger partial charge in [0.1, 0.15) is 11.5 Å². The number of halogens is 3. The van der Waals surface area contributed by atoms with Crippen LogP contribution in [0.4, 0.5) is 18.9 Å². The van der Waals surface area contributed by atoms with Crippen molar-refractivity contribution in [2.45, 2.75) is 13.1 Å². The van der Waals surface area contributed by atoms with E-state index in [4.69, 9.17) is 0 Å². The van der Waals surface area contributed by atoms with Crippen molar-refractivity contribution >= 4 is 23.2 Å². The molecule has 10 heteroatoms. The number of nitrogens with one attached hydrogen (secondary N) is 2. The summed E-state index contributed by atoms with van der Waals surface area (Å²) in [6.07, 6.45) is -4.51. The molecule has 0 heterocycles. The van der Waals surface area contributed by atoms with Gasteiger partial charge in [-0.25, -0.2) is 5.43 Å². The number of amides is 2. The largest absolute Gasteiger partial charge is 0.508 e. The molecule has 4 N–H and O–H groups in total. The van der Waals surface area contributed by atoms with Gasteiger partial charge in [-0.3, -0.25) is 9.59 Å². The summed E-state index contributed by atoms with van der Waals surface area (Å²) in [6.45, 7) is 1.44. The third kappa shape index (κ3) is 5.21. The number of carbonyl (C=O) groups excluding carboxylic acids is 2. The van der Waals surface area contributed by atoms with Crippen LogP contribution in [0.5, 0.6) is 11.5 Å². The van der Waals surface area contributed by atoms with Crippen LogP contribution in [0.25, 0.3) is 0 Å². The Morgan fingerprint density at radius 1 is 1.00 bits per heavy atom. The van der Waals surface area contributed by atoms with Gasteiger partial charge in [0.25, 0.3) is 0 Å². The third-order valence-electron chi connectivity index (χ3n) is 3.37.